The van der Waals surface area contributed by atoms with Crippen LogP contribution in [0.5, 0.6) is 5.75 Å². The van der Waals surface area contributed by atoms with Gasteiger partial charge in [0.1, 0.15) is 5.75 Å². The number of ether oxygens (including phenoxy) is 1. The Balaban J connectivity index is 2.28. The highest BCUT2D eigenvalue weighted by atomic mass is 16.5. The summed E-state index contributed by atoms with van der Waals surface area (Å²) in [5.41, 5.74) is 4.75. The second-order valence-corrected chi connectivity index (χ2v) is 6.06. The molecule has 0 fully saturated rings. The number of amides is 1. The molecule has 0 aromatic heterocycles. The van der Waals surface area contributed by atoms with E-state index in [0.717, 1.165) is 28.1 Å². The topological polar surface area (TPSA) is 38.3 Å². The summed E-state index contributed by atoms with van der Waals surface area (Å²) in [5.74, 6) is 1.09. The van der Waals surface area contributed by atoms with Crippen LogP contribution in [0.4, 0.5) is 5.69 Å². The van der Waals surface area contributed by atoms with Crippen molar-refractivity contribution in [3.63, 3.8) is 0 Å². The lowest BCUT2D eigenvalue weighted by Gasteiger charge is -2.17. The maximum Gasteiger partial charge on any atom is 0.255 e. The monoisotopic (exact) mass is 311 g/mol. The molecular formula is C20H25NO2. The van der Waals surface area contributed by atoms with Crippen molar-refractivity contribution in [2.75, 3.05) is 11.9 Å². The summed E-state index contributed by atoms with van der Waals surface area (Å²) in [6, 6.07) is 11.6. The molecule has 0 spiro atoms. The average Bonchev–Trinajstić information content (AvgIpc) is 2.51. The Morgan fingerprint density at radius 3 is 2.48 bits per heavy atom. The zero-order valence-electron chi connectivity index (χ0n) is 14.6. The molecule has 2 aromatic rings. The van der Waals surface area contributed by atoms with E-state index in [4.69, 9.17) is 4.74 Å². The van der Waals surface area contributed by atoms with Crippen LogP contribution in [0.1, 0.15) is 53.7 Å². The number of aryl methyl sites for hydroxylation is 2. The van der Waals surface area contributed by atoms with Crippen LogP contribution in [-0.2, 0) is 0 Å². The fourth-order valence-corrected chi connectivity index (χ4v) is 2.64. The Labute approximate surface area is 138 Å². The highest BCUT2D eigenvalue weighted by molar-refractivity contribution is 6.05. The Bertz CT molecular complexity index is 705. The molecule has 3 nitrogen and oxygen atoms in total. The molecule has 0 bridgehead atoms. The molecule has 0 unspecified atom stereocenters. The summed E-state index contributed by atoms with van der Waals surface area (Å²) in [6.07, 6.45) is 0. The Morgan fingerprint density at radius 1 is 1.13 bits per heavy atom. The number of anilines is 1. The van der Waals surface area contributed by atoms with E-state index >= 15 is 0 Å². The molecule has 1 N–H and O–H groups in total. The predicted octanol–water partition coefficient (Wildman–Crippen LogP) is 5.08. The van der Waals surface area contributed by atoms with E-state index in [2.05, 4.69) is 25.2 Å². The van der Waals surface area contributed by atoms with Gasteiger partial charge in [0.15, 0.2) is 0 Å². The third-order valence-electron chi connectivity index (χ3n) is 3.90. The fraction of sp³-hybridized carbons (Fsp3) is 0.350. The van der Waals surface area contributed by atoms with Crippen LogP contribution in [0, 0.1) is 13.8 Å². The molecule has 0 aliphatic rings. The van der Waals surface area contributed by atoms with Gasteiger partial charge in [0, 0.05) is 11.3 Å². The molecule has 122 valence electrons. The highest BCUT2D eigenvalue weighted by Crippen LogP contribution is 2.28. The summed E-state index contributed by atoms with van der Waals surface area (Å²) >= 11 is 0. The van der Waals surface area contributed by atoms with Crippen LogP contribution >= 0.6 is 0 Å². The van der Waals surface area contributed by atoms with Crippen LogP contribution in [0.3, 0.4) is 0 Å². The minimum absolute atomic E-state index is 0.0904. The minimum atomic E-state index is -0.0904. The van der Waals surface area contributed by atoms with Gasteiger partial charge in [-0.15, -0.1) is 0 Å². The summed E-state index contributed by atoms with van der Waals surface area (Å²) in [5, 5.41) is 3.08. The molecule has 3 heteroatoms. The van der Waals surface area contributed by atoms with Crippen molar-refractivity contribution in [2.24, 2.45) is 0 Å². The Kier molecular flexibility index (Phi) is 5.43. The maximum absolute atomic E-state index is 12.6. The van der Waals surface area contributed by atoms with Crippen molar-refractivity contribution in [3.8, 4) is 5.75 Å². The van der Waals surface area contributed by atoms with Crippen molar-refractivity contribution in [3.05, 3.63) is 58.7 Å². The first kappa shape index (κ1) is 17.1. The fourth-order valence-electron chi connectivity index (χ4n) is 2.64. The van der Waals surface area contributed by atoms with Crippen molar-refractivity contribution in [2.45, 2.75) is 40.5 Å². The van der Waals surface area contributed by atoms with E-state index in [1.54, 1.807) is 6.07 Å². The van der Waals surface area contributed by atoms with Gasteiger partial charge in [-0.25, -0.2) is 0 Å². The van der Waals surface area contributed by atoms with E-state index < -0.39 is 0 Å². The maximum atomic E-state index is 12.6. The molecule has 23 heavy (non-hydrogen) atoms. The quantitative estimate of drug-likeness (QED) is 0.836. The molecule has 0 radical (unpaired) electrons. The number of benzene rings is 2. The number of carbonyl (C=O) groups is 1. The van der Waals surface area contributed by atoms with E-state index in [9.17, 15) is 4.79 Å². The minimum Gasteiger partial charge on any atom is -0.494 e. The first-order chi connectivity index (χ1) is 10.9. The van der Waals surface area contributed by atoms with Crippen LogP contribution in [0.2, 0.25) is 0 Å². The van der Waals surface area contributed by atoms with E-state index in [-0.39, 0.29) is 5.91 Å². The lowest BCUT2D eigenvalue weighted by Crippen LogP contribution is -2.15. The van der Waals surface area contributed by atoms with Gasteiger partial charge in [0.2, 0.25) is 0 Å². The van der Waals surface area contributed by atoms with Crippen LogP contribution < -0.4 is 10.1 Å². The van der Waals surface area contributed by atoms with Crippen molar-refractivity contribution in [1.29, 1.82) is 0 Å². The molecule has 0 aliphatic carbocycles. The number of nitrogens with one attached hydrogen (secondary N) is 1. The molecule has 2 rings (SSSR count). The van der Waals surface area contributed by atoms with Gasteiger partial charge < -0.3 is 10.1 Å². The van der Waals surface area contributed by atoms with Gasteiger partial charge in [0.05, 0.1) is 6.61 Å². The smallest absolute Gasteiger partial charge is 0.255 e. The highest BCUT2D eigenvalue weighted by Gasteiger charge is 2.14. The zero-order valence-corrected chi connectivity index (χ0v) is 14.6. The standard InChI is InChI=1S/C20H25NO2/c1-6-23-18-11-10-16(12-15(18)5)20(22)21-19-14(4)8-7-9-17(19)13(2)3/h7-13H,6H2,1-5H3,(H,21,22). The number of carbonyl (C=O) groups excluding carboxylic acids is 1. The van der Waals surface area contributed by atoms with Crippen molar-refractivity contribution < 1.29 is 9.53 Å². The summed E-state index contributed by atoms with van der Waals surface area (Å²) in [6.45, 7) is 10.8. The second-order valence-electron chi connectivity index (χ2n) is 6.06. The van der Waals surface area contributed by atoms with Gasteiger partial charge in [-0.3, -0.25) is 4.79 Å². The average molecular weight is 311 g/mol. The summed E-state index contributed by atoms with van der Waals surface area (Å²) in [7, 11) is 0. The molecule has 0 aliphatic heterocycles. The van der Waals surface area contributed by atoms with Gasteiger partial charge >= 0.3 is 0 Å². The summed E-state index contributed by atoms with van der Waals surface area (Å²) < 4.78 is 5.53. The zero-order chi connectivity index (χ0) is 17.0. The predicted molar refractivity (Wildman–Crippen MR) is 95.6 cm³/mol. The lowest BCUT2D eigenvalue weighted by molar-refractivity contribution is 0.102. The Hall–Kier alpha value is -2.29. The second kappa shape index (κ2) is 7.32. The molecular weight excluding hydrogens is 286 g/mol. The summed E-state index contributed by atoms with van der Waals surface area (Å²) in [4.78, 5) is 12.6. The molecule has 2 aromatic carbocycles. The Morgan fingerprint density at radius 2 is 1.87 bits per heavy atom. The number of para-hydroxylation sites is 1. The van der Waals surface area contributed by atoms with Crippen molar-refractivity contribution >= 4 is 11.6 Å². The van der Waals surface area contributed by atoms with E-state index in [1.165, 1.54) is 0 Å². The molecule has 0 saturated heterocycles. The largest absolute Gasteiger partial charge is 0.494 e. The SMILES string of the molecule is CCOc1ccc(C(=O)Nc2c(C)cccc2C(C)C)cc1C. The van der Waals surface area contributed by atoms with Crippen LogP contribution in [-0.4, -0.2) is 12.5 Å². The van der Waals surface area contributed by atoms with Crippen LogP contribution in [0.15, 0.2) is 36.4 Å². The lowest BCUT2D eigenvalue weighted by atomic mass is 9.98. The molecule has 0 heterocycles. The third-order valence-corrected chi connectivity index (χ3v) is 3.90. The third kappa shape index (κ3) is 3.92. The van der Waals surface area contributed by atoms with E-state index in [1.807, 2.05) is 45.0 Å². The van der Waals surface area contributed by atoms with Crippen molar-refractivity contribution in [1.82, 2.24) is 0 Å². The number of rotatable bonds is 5. The van der Waals surface area contributed by atoms with Gasteiger partial charge in [-0.2, -0.15) is 0 Å². The van der Waals surface area contributed by atoms with E-state index in [0.29, 0.717) is 18.1 Å². The van der Waals surface area contributed by atoms with Crippen LogP contribution in [0.25, 0.3) is 0 Å². The first-order valence-corrected chi connectivity index (χ1v) is 8.08. The molecule has 0 saturated carbocycles. The molecule has 0 atom stereocenters. The van der Waals surface area contributed by atoms with Gasteiger partial charge in [-0.05, 0) is 61.6 Å². The first-order valence-electron chi connectivity index (χ1n) is 8.08. The van der Waals surface area contributed by atoms with Gasteiger partial charge in [-0.1, -0.05) is 32.0 Å². The molecule has 1 amide bonds. The normalized spacial score (nSPS) is 10.7. The number of hydrogen-bond acceptors (Lipinski definition) is 2. The number of hydrogen-bond donors (Lipinski definition) is 1. The van der Waals surface area contributed by atoms with Gasteiger partial charge in [0.25, 0.3) is 5.91 Å².